The standard InChI is InChI=1S/C18H17N3O2/c1-2-7-17-20-15-10-5-4-9-14(15)18(23)21(17)19-12-13-8-3-6-11-16(13)22/h3-6,8-12,22H,2,7H2,1H3. The molecule has 0 saturated carbocycles. The molecule has 0 aliphatic heterocycles. The lowest BCUT2D eigenvalue weighted by molar-refractivity contribution is 0.474. The number of aromatic hydroxyl groups is 1. The van der Waals surface area contributed by atoms with Gasteiger partial charge in [0, 0.05) is 12.0 Å². The molecule has 0 radical (unpaired) electrons. The van der Waals surface area contributed by atoms with E-state index < -0.39 is 0 Å². The summed E-state index contributed by atoms with van der Waals surface area (Å²) in [5.74, 6) is 0.734. The van der Waals surface area contributed by atoms with Crippen molar-refractivity contribution in [2.45, 2.75) is 19.8 Å². The molecule has 0 atom stereocenters. The number of benzene rings is 2. The van der Waals surface area contributed by atoms with E-state index >= 15 is 0 Å². The quantitative estimate of drug-likeness (QED) is 0.754. The van der Waals surface area contributed by atoms with Crippen LogP contribution in [0.1, 0.15) is 24.7 Å². The van der Waals surface area contributed by atoms with E-state index in [9.17, 15) is 9.90 Å². The zero-order chi connectivity index (χ0) is 16.2. The number of rotatable bonds is 4. The molecule has 0 unspecified atom stereocenters. The molecule has 0 fully saturated rings. The minimum absolute atomic E-state index is 0.120. The lowest BCUT2D eigenvalue weighted by atomic mass is 10.2. The zero-order valence-corrected chi connectivity index (χ0v) is 12.8. The first-order valence-corrected chi connectivity index (χ1v) is 7.53. The van der Waals surface area contributed by atoms with E-state index in [0.717, 1.165) is 6.42 Å². The highest BCUT2D eigenvalue weighted by atomic mass is 16.3. The predicted octanol–water partition coefficient (Wildman–Crippen LogP) is 2.94. The monoisotopic (exact) mass is 307 g/mol. The zero-order valence-electron chi connectivity index (χ0n) is 12.8. The summed E-state index contributed by atoms with van der Waals surface area (Å²) in [7, 11) is 0. The van der Waals surface area contributed by atoms with E-state index in [0.29, 0.717) is 28.7 Å². The highest BCUT2D eigenvalue weighted by Crippen LogP contribution is 2.13. The average molecular weight is 307 g/mol. The molecule has 1 aromatic heterocycles. The Bertz CT molecular complexity index is 929. The molecule has 0 amide bonds. The van der Waals surface area contributed by atoms with Gasteiger partial charge in [0.2, 0.25) is 0 Å². The second-order valence-corrected chi connectivity index (χ2v) is 5.22. The lowest BCUT2D eigenvalue weighted by Gasteiger charge is -2.08. The normalized spacial score (nSPS) is 11.3. The number of hydrogen-bond acceptors (Lipinski definition) is 4. The van der Waals surface area contributed by atoms with Crippen LogP contribution in [0.3, 0.4) is 0 Å². The van der Waals surface area contributed by atoms with Crippen molar-refractivity contribution in [2.24, 2.45) is 5.10 Å². The molecule has 5 heteroatoms. The van der Waals surface area contributed by atoms with Crippen LogP contribution in [-0.4, -0.2) is 21.0 Å². The summed E-state index contributed by atoms with van der Waals surface area (Å²) < 4.78 is 1.32. The summed E-state index contributed by atoms with van der Waals surface area (Å²) in [5.41, 5.74) is 1.02. The smallest absolute Gasteiger partial charge is 0.282 e. The Kier molecular flexibility index (Phi) is 4.19. The maximum atomic E-state index is 12.7. The van der Waals surface area contributed by atoms with Crippen LogP contribution in [0.2, 0.25) is 0 Å². The molecule has 23 heavy (non-hydrogen) atoms. The largest absolute Gasteiger partial charge is 0.507 e. The topological polar surface area (TPSA) is 67.5 Å². The summed E-state index contributed by atoms with van der Waals surface area (Å²) in [5, 5.41) is 14.6. The number of aromatic nitrogens is 2. The van der Waals surface area contributed by atoms with Crippen LogP contribution < -0.4 is 5.56 Å². The van der Waals surface area contributed by atoms with Crippen LogP contribution >= 0.6 is 0 Å². The van der Waals surface area contributed by atoms with E-state index in [2.05, 4.69) is 10.1 Å². The molecule has 1 N–H and O–H groups in total. The Morgan fingerprint density at radius 2 is 1.91 bits per heavy atom. The van der Waals surface area contributed by atoms with E-state index in [1.54, 1.807) is 30.3 Å². The molecule has 1 heterocycles. The lowest BCUT2D eigenvalue weighted by Crippen LogP contribution is -2.22. The Labute approximate surface area is 133 Å². The number of phenolic OH excluding ortho intramolecular Hbond substituents is 1. The molecule has 0 spiro atoms. The number of fused-ring (bicyclic) bond motifs is 1. The Hall–Kier alpha value is -2.95. The summed E-state index contributed by atoms with van der Waals surface area (Å²) in [6, 6.07) is 14.1. The fraction of sp³-hybridized carbons (Fsp3) is 0.167. The fourth-order valence-corrected chi connectivity index (χ4v) is 2.39. The van der Waals surface area contributed by atoms with Crippen molar-refractivity contribution in [3.05, 3.63) is 70.3 Å². The Balaban J connectivity index is 2.15. The van der Waals surface area contributed by atoms with E-state index in [1.807, 2.05) is 25.1 Å². The minimum atomic E-state index is -0.203. The summed E-state index contributed by atoms with van der Waals surface area (Å²) in [6.45, 7) is 2.03. The first-order chi connectivity index (χ1) is 11.2. The molecule has 0 saturated heterocycles. The van der Waals surface area contributed by atoms with Gasteiger partial charge >= 0.3 is 0 Å². The molecule has 5 nitrogen and oxygen atoms in total. The molecule has 0 aliphatic rings. The Morgan fingerprint density at radius 1 is 1.17 bits per heavy atom. The van der Waals surface area contributed by atoms with Gasteiger partial charge in [-0.2, -0.15) is 9.78 Å². The van der Waals surface area contributed by atoms with Gasteiger partial charge < -0.3 is 5.11 Å². The third-order valence-electron chi connectivity index (χ3n) is 3.54. The predicted molar refractivity (Wildman–Crippen MR) is 91.1 cm³/mol. The number of para-hydroxylation sites is 2. The van der Waals surface area contributed by atoms with Gasteiger partial charge in [0.05, 0.1) is 17.1 Å². The van der Waals surface area contributed by atoms with Crippen molar-refractivity contribution in [3.8, 4) is 5.75 Å². The SMILES string of the molecule is CCCc1nc2ccccc2c(=O)n1N=Cc1ccccc1O. The van der Waals surface area contributed by atoms with Crippen LogP contribution in [0.25, 0.3) is 10.9 Å². The number of hydrogen-bond donors (Lipinski definition) is 1. The second-order valence-electron chi connectivity index (χ2n) is 5.22. The van der Waals surface area contributed by atoms with Crippen molar-refractivity contribution in [3.63, 3.8) is 0 Å². The van der Waals surface area contributed by atoms with Gasteiger partial charge in [-0.05, 0) is 30.7 Å². The molecule has 0 bridgehead atoms. The highest BCUT2D eigenvalue weighted by Gasteiger charge is 2.09. The minimum Gasteiger partial charge on any atom is -0.507 e. The molecular formula is C18H17N3O2. The molecule has 0 aliphatic carbocycles. The first-order valence-electron chi connectivity index (χ1n) is 7.53. The molecule has 116 valence electrons. The van der Waals surface area contributed by atoms with E-state index in [-0.39, 0.29) is 11.3 Å². The van der Waals surface area contributed by atoms with Crippen molar-refractivity contribution in [1.82, 2.24) is 9.66 Å². The molecule has 3 rings (SSSR count). The summed E-state index contributed by atoms with van der Waals surface area (Å²) in [4.78, 5) is 17.2. The molecule has 3 aromatic rings. The van der Waals surface area contributed by atoms with Crippen LogP contribution in [0.4, 0.5) is 0 Å². The van der Waals surface area contributed by atoms with Crippen LogP contribution in [0.15, 0.2) is 58.4 Å². The average Bonchev–Trinajstić information content (AvgIpc) is 2.56. The van der Waals surface area contributed by atoms with Crippen LogP contribution in [0.5, 0.6) is 5.75 Å². The van der Waals surface area contributed by atoms with Gasteiger partial charge in [0.15, 0.2) is 0 Å². The third kappa shape index (κ3) is 2.99. The van der Waals surface area contributed by atoms with Gasteiger partial charge in [-0.25, -0.2) is 4.98 Å². The van der Waals surface area contributed by atoms with Crippen LogP contribution in [0, 0.1) is 0 Å². The summed E-state index contributed by atoms with van der Waals surface area (Å²) >= 11 is 0. The van der Waals surface area contributed by atoms with Crippen LogP contribution in [-0.2, 0) is 6.42 Å². The first kappa shape index (κ1) is 15.0. The third-order valence-corrected chi connectivity index (χ3v) is 3.54. The van der Waals surface area contributed by atoms with Crippen molar-refractivity contribution >= 4 is 17.1 Å². The number of nitrogens with zero attached hydrogens (tertiary/aromatic N) is 3. The van der Waals surface area contributed by atoms with Crippen molar-refractivity contribution in [2.75, 3.05) is 0 Å². The number of aryl methyl sites for hydroxylation is 1. The van der Waals surface area contributed by atoms with Gasteiger partial charge in [-0.15, -0.1) is 0 Å². The molecule has 2 aromatic carbocycles. The second kappa shape index (κ2) is 6.44. The van der Waals surface area contributed by atoms with Crippen molar-refractivity contribution in [1.29, 1.82) is 0 Å². The fourth-order valence-electron chi connectivity index (χ4n) is 2.39. The maximum absolute atomic E-state index is 12.7. The van der Waals surface area contributed by atoms with Crippen molar-refractivity contribution < 1.29 is 5.11 Å². The van der Waals surface area contributed by atoms with E-state index in [1.165, 1.54) is 10.9 Å². The Morgan fingerprint density at radius 3 is 2.70 bits per heavy atom. The maximum Gasteiger partial charge on any atom is 0.282 e. The number of phenols is 1. The molecular weight excluding hydrogens is 290 g/mol. The van der Waals surface area contributed by atoms with Gasteiger partial charge in [-0.3, -0.25) is 4.79 Å². The van der Waals surface area contributed by atoms with Gasteiger partial charge in [0.1, 0.15) is 11.6 Å². The van der Waals surface area contributed by atoms with E-state index in [4.69, 9.17) is 0 Å². The van der Waals surface area contributed by atoms with Gasteiger partial charge in [0.25, 0.3) is 5.56 Å². The summed E-state index contributed by atoms with van der Waals surface area (Å²) in [6.07, 6.45) is 2.99. The van der Waals surface area contributed by atoms with Gasteiger partial charge in [-0.1, -0.05) is 31.2 Å². The highest BCUT2D eigenvalue weighted by molar-refractivity contribution is 5.83.